The number of nitrogens with zero attached hydrogens (tertiary/aromatic N) is 1. The number of para-hydroxylation sites is 1. The quantitative estimate of drug-likeness (QED) is 0.791. The lowest BCUT2D eigenvalue weighted by atomic mass is 10.0. The number of benzene rings is 1. The fourth-order valence-corrected chi connectivity index (χ4v) is 2.39. The topological polar surface area (TPSA) is 38.5 Å². The summed E-state index contributed by atoms with van der Waals surface area (Å²) < 4.78 is 5.68. The molecule has 0 saturated heterocycles. The van der Waals surface area contributed by atoms with Gasteiger partial charge in [0.25, 0.3) is 0 Å². The Morgan fingerprint density at radius 2 is 1.75 bits per heavy atom. The van der Waals surface area contributed by atoms with Crippen LogP contribution in [0.1, 0.15) is 46.2 Å². The molecule has 1 rings (SSSR count). The Balaban J connectivity index is 2.80. The minimum Gasteiger partial charge on any atom is -0.494 e. The van der Waals surface area contributed by atoms with Crippen LogP contribution >= 0.6 is 0 Å². The molecule has 3 heteroatoms. The Kier molecular flexibility index (Phi) is 7.03. The Morgan fingerprint density at radius 3 is 2.30 bits per heavy atom. The zero-order valence-corrected chi connectivity index (χ0v) is 13.6. The van der Waals surface area contributed by atoms with Crippen molar-refractivity contribution >= 4 is 0 Å². The van der Waals surface area contributed by atoms with Crippen LogP contribution in [0.5, 0.6) is 5.75 Å². The second-order valence-electron chi connectivity index (χ2n) is 6.02. The van der Waals surface area contributed by atoms with Crippen molar-refractivity contribution in [3.05, 3.63) is 29.8 Å². The summed E-state index contributed by atoms with van der Waals surface area (Å²) in [6.45, 7) is 13.5. The third-order valence-corrected chi connectivity index (χ3v) is 3.38. The van der Waals surface area contributed by atoms with Crippen LogP contribution in [0.4, 0.5) is 0 Å². The predicted octanol–water partition coefficient (Wildman–Crippen LogP) is 3.45. The average molecular weight is 278 g/mol. The average Bonchev–Trinajstić information content (AvgIpc) is 2.38. The van der Waals surface area contributed by atoms with Crippen molar-refractivity contribution < 1.29 is 4.74 Å². The minimum absolute atomic E-state index is 0.0149. The smallest absolute Gasteiger partial charge is 0.124 e. The van der Waals surface area contributed by atoms with Crippen molar-refractivity contribution in [1.82, 2.24) is 4.90 Å². The summed E-state index contributed by atoms with van der Waals surface area (Å²) in [6.07, 6.45) is 0. The highest BCUT2D eigenvalue weighted by Crippen LogP contribution is 2.25. The molecule has 0 bridgehead atoms. The maximum atomic E-state index is 6.42. The van der Waals surface area contributed by atoms with Gasteiger partial charge in [0.2, 0.25) is 0 Å². The van der Waals surface area contributed by atoms with Crippen LogP contribution in [0.3, 0.4) is 0 Å². The largest absolute Gasteiger partial charge is 0.494 e. The SMILES string of the molecule is CCOc1ccccc1C(N)CN(CC(C)C)C(C)C. The van der Waals surface area contributed by atoms with Gasteiger partial charge in [-0.05, 0) is 32.8 Å². The summed E-state index contributed by atoms with van der Waals surface area (Å²) in [6, 6.07) is 8.58. The second-order valence-corrected chi connectivity index (χ2v) is 6.02. The van der Waals surface area contributed by atoms with E-state index in [1.54, 1.807) is 0 Å². The molecule has 0 aliphatic carbocycles. The number of hydrogen-bond donors (Lipinski definition) is 1. The molecule has 0 fully saturated rings. The van der Waals surface area contributed by atoms with E-state index >= 15 is 0 Å². The second kappa shape index (κ2) is 8.28. The lowest BCUT2D eigenvalue weighted by Crippen LogP contribution is -2.39. The van der Waals surface area contributed by atoms with Gasteiger partial charge in [-0.2, -0.15) is 0 Å². The molecule has 0 aliphatic heterocycles. The fourth-order valence-electron chi connectivity index (χ4n) is 2.39. The molecule has 1 unspecified atom stereocenters. The van der Waals surface area contributed by atoms with Crippen LogP contribution in [0.2, 0.25) is 0 Å². The molecule has 0 radical (unpaired) electrons. The molecular weight excluding hydrogens is 248 g/mol. The van der Waals surface area contributed by atoms with Crippen molar-refractivity contribution in [2.75, 3.05) is 19.7 Å². The first-order valence-corrected chi connectivity index (χ1v) is 7.67. The van der Waals surface area contributed by atoms with Gasteiger partial charge in [0.15, 0.2) is 0 Å². The number of nitrogens with two attached hydrogens (primary N) is 1. The summed E-state index contributed by atoms with van der Waals surface area (Å²) in [4.78, 5) is 2.44. The van der Waals surface area contributed by atoms with E-state index in [1.165, 1.54) is 0 Å². The summed E-state index contributed by atoms with van der Waals surface area (Å²) in [5, 5.41) is 0. The Morgan fingerprint density at radius 1 is 1.10 bits per heavy atom. The predicted molar refractivity (Wildman–Crippen MR) is 86.1 cm³/mol. The normalized spacial score (nSPS) is 13.2. The monoisotopic (exact) mass is 278 g/mol. The van der Waals surface area contributed by atoms with E-state index in [2.05, 4.69) is 38.7 Å². The van der Waals surface area contributed by atoms with Crippen molar-refractivity contribution in [1.29, 1.82) is 0 Å². The van der Waals surface area contributed by atoms with Crippen molar-refractivity contribution in [2.24, 2.45) is 11.7 Å². The number of rotatable bonds is 8. The maximum Gasteiger partial charge on any atom is 0.124 e. The van der Waals surface area contributed by atoms with E-state index in [-0.39, 0.29) is 6.04 Å². The van der Waals surface area contributed by atoms with Gasteiger partial charge >= 0.3 is 0 Å². The summed E-state index contributed by atoms with van der Waals surface area (Å²) >= 11 is 0. The molecule has 3 nitrogen and oxygen atoms in total. The van der Waals surface area contributed by atoms with Crippen LogP contribution in [0.25, 0.3) is 0 Å². The van der Waals surface area contributed by atoms with Gasteiger partial charge in [-0.25, -0.2) is 0 Å². The van der Waals surface area contributed by atoms with Crippen LogP contribution in [-0.4, -0.2) is 30.6 Å². The van der Waals surface area contributed by atoms with E-state index in [1.807, 2.05) is 25.1 Å². The molecule has 20 heavy (non-hydrogen) atoms. The molecule has 114 valence electrons. The van der Waals surface area contributed by atoms with Gasteiger partial charge in [0.1, 0.15) is 5.75 Å². The first-order chi connectivity index (χ1) is 9.45. The van der Waals surface area contributed by atoms with Gasteiger partial charge in [-0.1, -0.05) is 32.0 Å². The zero-order valence-electron chi connectivity index (χ0n) is 13.6. The highest BCUT2D eigenvalue weighted by atomic mass is 16.5. The molecule has 0 aromatic heterocycles. The van der Waals surface area contributed by atoms with Crippen molar-refractivity contribution in [2.45, 2.75) is 46.7 Å². The molecule has 0 aliphatic rings. The van der Waals surface area contributed by atoms with Crippen LogP contribution in [-0.2, 0) is 0 Å². The van der Waals surface area contributed by atoms with Crippen LogP contribution in [0, 0.1) is 5.92 Å². The van der Waals surface area contributed by atoms with Gasteiger partial charge < -0.3 is 10.5 Å². The van der Waals surface area contributed by atoms with Gasteiger partial charge in [0.05, 0.1) is 6.61 Å². The molecule has 1 aromatic rings. The number of ether oxygens (including phenoxy) is 1. The third-order valence-electron chi connectivity index (χ3n) is 3.38. The molecular formula is C17H30N2O. The fraction of sp³-hybridized carbons (Fsp3) is 0.647. The minimum atomic E-state index is -0.0149. The molecule has 0 spiro atoms. The van der Waals surface area contributed by atoms with Crippen molar-refractivity contribution in [3.8, 4) is 5.75 Å². The first kappa shape index (κ1) is 17.0. The lowest BCUT2D eigenvalue weighted by molar-refractivity contribution is 0.185. The Labute approximate surface area is 124 Å². The molecule has 1 aromatic carbocycles. The summed E-state index contributed by atoms with van der Waals surface area (Å²) in [5.74, 6) is 1.56. The van der Waals surface area contributed by atoms with Crippen LogP contribution < -0.4 is 10.5 Å². The van der Waals surface area contributed by atoms with Gasteiger partial charge in [0, 0.05) is 30.7 Å². The molecule has 0 amide bonds. The van der Waals surface area contributed by atoms with E-state index in [0.29, 0.717) is 18.6 Å². The van der Waals surface area contributed by atoms with E-state index in [0.717, 1.165) is 24.4 Å². The van der Waals surface area contributed by atoms with Gasteiger partial charge in [-0.15, -0.1) is 0 Å². The first-order valence-electron chi connectivity index (χ1n) is 7.67. The lowest BCUT2D eigenvalue weighted by Gasteiger charge is -2.31. The standard InChI is InChI=1S/C17H30N2O/c1-6-20-17-10-8-7-9-15(17)16(18)12-19(14(4)5)11-13(2)3/h7-10,13-14,16H,6,11-12,18H2,1-5H3. The van der Waals surface area contributed by atoms with Gasteiger partial charge in [-0.3, -0.25) is 4.90 Å². The van der Waals surface area contributed by atoms with Crippen LogP contribution in [0.15, 0.2) is 24.3 Å². The molecule has 2 N–H and O–H groups in total. The highest BCUT2D eigenvalue weighted by Gasteiger charge is 2.18. The molecule has 0 heterocycles. The molecule has 0 saturated carbocycles. The zero-order chi connectivity index (χ0) is 15.1. The highest BCUT2D eigenvalue weighted by molar-refractivity contribution is 5.36. The van der Waals surface area contributed by atoms with E-state index in [9.17, 15) is 0 Å². The maximum absolute atomic E-state index is 6.42. The van der Waals surface area contributed by atoms with Crippen molar-refractivity contribution in [3.63, 3.8) is 0 Å². The summed E-state index contributed by atoms with van der Waals surface area (Å²) in [7, 11) is 0. The Bertz CT molecular complexity index is 390. The Hall–Kier alpha value is -1.06. The molecule has 1 atom stereocenters. The number of hydrogen-bond acceptors (Lipinski definition) is 3. The summed E-state index contributed by atoms with van der Waals surface area (Å²) in [5.41, 5.74) is 7.52. The van der Waals surface area contributed by atoms with E-state index in [4.69, 9.17) is 10.5 Å². The van der Waals surface area contributed by atoms with E-state index < -0.39 is 0 Å². The third kappa shape index (κ3) is 5.14.